The van der Waals surface area contributed by atoms with E-state index in [0.29, 0.717) is 24.7 Å². The van der Waals surface area contributed by atoms with Gasteiger partial charge in [-0.2, -0.15) is 0 Å². The molecule has 0 aromatic heterocycles. The van der Waals surface area contributed by atoms with Gasteiger partial charge in [-0.15, -0.1) is 0 Å². The molecule has 0 saturated heterocycles. The molecule has 24 heavy (non-hydrogen) atoms. The minimum absolute atomic E-state index is 0.113. The molecule has 130 valence electrons. The van der Waals surface area contributed by atoms with E-state index in [1.54, 1.807) is 38.3 Å². The molecule has 1 aromatic carbocycles. The Hall–Kier alpha value is -2.45. The molecule has 0 radical (unpaired) electrons. The minimum Gasteiger partial charge on any atom is -0.491 e. The number of amides is 1. The first-order chi connectivity index (χ1) is 11.5. The molecule has 0 aliphatic rings. The summed E-state index contributed by atoms with van der Waals surface area (Å²) in [4.78, 5) is 22.7. The molecule has 0 heterocycles. The first kappa shape index (κ1) is 19.6. The van der Waals surface area contributed by atoms with Crippen LogP contribution in [0.4, 0.5) is 5.69 Å². The van der Waals surface area contributed by atoms with Crippen molar-refractivity contribution in [2.45, 2.75) is 6.92 Å². The number of ether oxygens (including phenoxy) is 3. The van der Waals surface area contributed by atoms with E-state index < -0.39 is 11.9 Å². The lowest BCUT2D eigenvalue weighted by Crippen LogP contribution is -2.32. The lowest BCUT2D eigenvalue weighted by atomic mass is 10.3. The van der Waals surface area contributed by atoms with Gasteiger partial charge < -0.3 is 19.5 Å². The first-order valence-electron chi connectivity index (χ1n) is 7.23. The third kappa shape index (κ3) is 8.25. The van der Waals surface area contributed by atoms with Crippen LogP contribution in [0.2, 0.25) is 0 Å². The zero-order valence-electron chi connectivity index (χ0n) is 13.5. The van der Waals surface area contributed by atoms with E-state index >= 15 is 0 Å². The molecule has 0 aliphatic carbocycles. The largest absolute Gasteiger partial charge is 0.491 e. The van der Waals surface area contributed by atoms with Gasteiger partial charge in [0.15, 0.2) is 5.11 Å². The van der Waals surface area contributed by atoms with Crippen LogP contribution in [0.1, 0.15) is 6.92 Å². The fourth-order valence-corrected chi connectivity index (χ4v) is 1.75. The lowest BCUT2D eigenvalue weighted by molar-refractivity contribution is -0.137. The Balaban J connectivity index is 2.41. The van der Waals surface area contributed by atoms with Crippen LogP contribution in [0, 0.1) is 0 Å². The van der Waals surface area contributed by atoms with Crippen molar-refractivity contribution >= 4 is 34.9 Å². The second-order valence-electron chi connectivity index (χ2n) is 4.39. The summed E-state index contributed by atoms with van der Waals surface area (Å²) in [5, 5.41) is 5.38. The van der Waals surface area contributed by atoms with Gasteiger partial charge in [0.1, 0.15) is 12.4 Å². The quantitative estimate of drug-likeness (QED) is 0.318. The van der Waals surface area contributed by atoms with E-state index in [9.17, 15) is 9.59 Å². The highest BCUT2D eigenvalue weighted by atomic mass is 32.1. The van der Waals surface area contributed by atoms with Gasteiger partial charge in [0.25, 0.3) is 0 Å². The van der Waals surface area contributed by atoms with E-state index in [4.69, 9.17) is 21.7 Å². The molecule has 0 unspecified atom stereocenters. The topological polar surface area (TPSA) is 85.9 Å². The molecule has 7 nitrogen and oxygen atoms in total. The highest BCUT2D eigenvalue weighted by Crippen LogP contribution is 2.15. The van der Waals surface area contributed by atoms with Gasteiger partial charge in [-0.3, -0.25) is 10.1 Å². The van der Waals surface area contributed by atoms with Crippen LogP contribution in [-0.2, 0) is 19.1 Å². The van der Waals surface area contributed by atoms with Crippen molar-refractivity contribution < 1.29 is 23.8 Å². The van der Waals surface area contributed by atoms with Crippen LogP contribution in [0.15, 0.2) is 36.4 Å². The van der Waals surface area contributed by atoms with Crippen LogP contribution in [-0.4, -0.2) is 43.9 Å². The average molecular weight is 352 g/mol. The van der Waals surface area contributed by atoms with E-state index in [2.05, 4.69) is 15.4 Å². The summed E-state index contributed by atoms with van der Waals surface area (Å²) in [6.45, 7) is 2.90. The maximum Gasteiger partial charge on any atom is 0.330 e. The second-order valence-corrected chi connectivity index (χ2v) is 4.80. The number of hydrogen-bond donors (Lipinski definition) is 2. The molecule has 2 N–H and O–H groups in total. The molecule has 8 heteroatoms. The molecule has 0 aliphatic heterocycles. The summed E-state index contributed by atoms with van der Waals surface area (Å²) in [7, 11) is 1.60. The number of rotatable bonds is 8. The highest BCUT2D eigenvalue weighted by Gasteiger charge is 2.03. The maximum atomic E-state index is 11.6. The average Bonchev–Trinajstić information content (AvgIpc) is 2.55. The number of benzene rings is 1. The number of carbonyl (C=O) groups is 2. The Bertz CT molecular complexity index is 587. The zero-order valence-corrected chi connectivity index (χ0v) is 14.4. The number of methoxy groups -OCH3 is 1. The summed E-state index contributed by atoms with van der Waals surface area (Å²) in [6.07, 6.45) is 2.09. The number of carbonyl (C=O) groups excluding carboxylic acids is 2. The smallest absolute Gasteiger partial charge is 0.330 e. The Morgan fingerprint density at radius 2 is 1.88 bits per heavy atom. The summed E-state index contributed by atoms with van der Waals surface area (Å²) < 4.78 is 15.0. The van der Waals surface area contributed by atoms with Gasteiger partial charge in [-0.1, -0.05) is 0 Å². The lowest BCUT2D eigenvalue weighted by Gasteiger charge is -2.09. The molecule has 1 amide bonds. The maximum absolute atomic E-state index is 11.6. The van der Waals surface area contributed by atoms with Crippen molar-refractivity contribution in [3.8, 4) is 5.75 Å². The molecular formula is C16H20N2O5S. The van der Waals surface area contributed by atoms with Crippen LogP contribution in [0.5, 0.6) is 5.75 Å². The Morgan fingerprint density at radius 3 is 2.50 bits per heavy atom. The molecule has 0 bridgehead atoms. The van der Waals surface area contributed by atoms with Crippen LogP contribution >= 0.6 is 12.2 Å². The molecule has 0 atom stereocenters. The molecule has 1 rings (SSSR count). The summed E-state index contributed by atoms with van der Waals surface area (Å²) in [5.74, 6) is -0.416. The SMILES string of the molecule is CCOC(=O)/C=C/C(=O)NC(=S)Nc1ccc(OCCOC)cc1. The predicted octanol–water partition coefficient (Wildman–Crippen LogP) is 1.64. The van der Waals surface area contributed by atoms with Crippen molar-refractivity contribution in [3.63, 3.8) is 0 Å². The Kier molecular flexibility index (Phi) is 9.10. The molecule has 0 saturated carbocycles. The molecule has 0 fully saturated rings. The molecule has 1 aromatic rings. The summed E-state index contributed by atoms with van der Waals surface area (Å²) >= 11 is 5.02. The van der Waals surface area contributed by atoms with Gasteiger partial charge >= 0.3 is 5.97 Å². The van der Waals surface area contributed by atoms with Crippen LogP contribution < -0.4 is 15.4 Å². The molecule has 0 spiro atoms. The predicted molar refractivity (Wildman–Crippen MR) is 93.9 cm³/mol. The zero-order chi connectivity index (χ0) is 17.8. The molecular weight excluding hydrogens is 332 g/mol. The monoisotopic (exact) mass is 352 g/mol. The Labute approximate surface area is 146 Å². The fourth-order valence-electron chi connectivity index (χ4n) is 1.53. The van der Waals surface area contributed by atoms with Gasteiger partial charge in [0, 0.05) is 24.9 Å². The van der Waals surface area contributed by atoms with E-state index in [-0.39, 0.29) is 11.7 Å². The highest BCUT2D eigenvalue weighted by molar-refractivity contribution is 7.80. The van der Waals surface area contributed by atoms with Crippen molar-refractivity contribution in [1.29, 1.82) is 0 Å². The van der Waals surface area contributed by atoms with Gasteiger partial charge in [-0.05, 0) is 43.4 Å². The fraction of sp³-hybridized carbons (Fsp3) is 0.312. The van der Waals surface area contributed by atoms with E-state index in [1.807, 2.05) is 0 Å². The van der Waals surface area contributed by atoms with Crippen molar-refractivity contribution in [1.82, 2.24) is 5.32 Å². The van der Waals surface area contributed by atoms with Crippen molar-refractivity contribution in [2.24, 2.45) is 0 Å². The van der Waals surface area contributed by atoms with E-state index in [0.717, 1.165) is 12.2 Å². The second kappa shape index (κ2) is 11.1. The third-order valence-electron chi connectivity index (χ3n) is 2.56. The minimum atomic E-state index is -0.587. The van der Waals surface area contributed by atoms with Crippen LogP contribution in [0.25, 0.3) is 0 Å². The van der Waals surface area contributed by atoms with Crippen LogP contribution in [0.3, 0.4) is 0 Å². The van der Waals surface area contributed by atoms with Crippen molar-refractivity contribution in [3.05, 3.63) is 36.4 Å². The first-order valence-corrected chi connectivity index (χ1v) is 7.64. The van der Waals surface area contributed by atoms with Crippen molar-refractivity contribution in [2.75, 3.05) is 32.2 Å². The summed E-state index contributed by atoms with van der Waals surface area (Å²) in [5.41, 5.74) is 0.689. The van der Waals surface area contributed by atoms with Gasteiger partial charge in [0.05, 0.1) is 13.2 Å². The summed E-state index contributed by atoms with van der Waals surface area (Å²) in [6, 6.07) is 7.05. The standard InChI is InChI=1S/C16H20N2O5S/c1-3-22-15(20)9-8-14(19)18-16(24)17-12-4-6-13(7-5-12)23-11-10-21-2/h4-9H,3,10-11H2,1-2H3,(H2,17,18,19,24)/b9-8+. The number of esters is 1. The Morgan fingerprint density at radius 1 is 1.17 bits per heavy atom. The normalized spacial score (nSPS) is 10.2. The number of anilines is 1. The van der Waals surface area contributed by atoms with Gasteiger partial charge in [-0.25, -0.2) is 4.79 Å². The van der Waals surface area contributed by atoms with Gasteiger partial charge in [0.2, 0.25) is 5.91 Å². The number of thiocarbonyl (C=S) groups is 1. The number of nitrogens with one attached hydrogen (secondary N) is 2. The number of hydrogen-bond acceptors (Lipinski definition) is 6. The van der Waals surface area contributed by atoms with E-state index in [1.165, 1.54) is 0 Å². The third-order valence-corrected chi connectivity index (χ3v) is 2.77.